The number of hydrogen-bond donors (Lipinski definition) is 2. The van der Waals surface area contributed by atoms with Crippen LogP contribution in [0, 0.1) is 0 Å². The molecule has 0 spiro atoms. The Morgan fingerprint density at radius 3 is 2.90 bits per heavy atom. The Hall–Kier alpha value is -1.95. The van der Waals surface area contributed by atoms with Crippen molar-refractivity contribution >= 4 is 44.0 Å². The molecule has 21 heavy (non-hydrogen) atoms. The van der Waals surface area contributed by atoms with E-state index in [9.17, 15) is 4.79 Å². The second-order valence-corrected chi connectivity index (χ2v) is 5.84. The maximum absolute atomic E-state index is 11.6. The second-order valence-electron chi connectivity index (χ2n) is 4.81. The van der Waals surface area contributed by atoms with Crippen LogP contribution in [0.25, 0.3) is 10.2 Å². The number of aromatic nitrogens is 1. The number of fused-ring (bicyclic) bond motifs is 1. The lowest BCUT2D eigenvalue weighted by atomic mass is 10.2. The van der Waals surface area contributed by atoms with Gasteiger partial charge in [-0.05, 0) is 38.0 Å². The topological polar surface area (TPSA) is 66.4 Å². The van der Waals surface area contributed by atoms with Crippen molar-refractivity contribution in [3.05, 3.63) is 18.2 Å². The van der Waals surface area contributed by atoms with Crippen molar-refractivity contribution in [1.29, 1.82) is 0 Å². The lowest BCUT2D eigenvalue weighted by Gasteiger charge is -2.03. The van der Waals surface area contributed by atoms with Crippen LogP contribution in [0.1, 0.15) is 40.0 Å². The average molecular weight is 304 g/mol. The van der Waals surface area contributed by atoms with Crippen LogP contribution < -0.4 is 10.7 Å². The Morgan fingerprint density at radius 2 is 2.19 bits per heavy atom. The molecule has 0 atom stereocenters. The van der Waals surface area contributed by atoms with Crippen LogP contribution in [-0.2, 0) is 4.79 Å². The Balaban J connectivity index is 2.14. The van der Waals surface area contributed by atoms with Gasteiger partial charge in [0.25, 0.3) is 0 Å². The first-order valence-electron chi connectivity index (χ1n) is 7.12. The summed E-state index contributed by atoms with van der Waals surface area (Å²) in [6.45, 7) is 6.02. The standard InChI is InChI=1S/C15H20N4OS/c1-4-6-14(20)16-11-7-8-12-13(9-11)21-15(17-12)19-18-10(3)5-2/h7-9H,4-6H2,1-3H3,(H,16,20)(H,17,19)/b18-10-. The predicted molar refractivity (Wildman–Crippen MR) is 90.2 cm³/mol. The van der Waals surface area contributed by atoms with E-state index >= 15 is 0 Å². The van der Waals surface area contributed by atoms with E-state index in [1.807, 2.05) is 32.0 Å². The van der Waals surface area contributed by atoms with E-state index in [0.29, 0.717) is 6.42 Å². The van der Waals surface area contributed by atoms with Gasteiger partial charge in [0.05, 0.1) is 10.2 Å². The number of carbonyl (C=O) groups excluding carboxylic acids is 1. The van der Waals surface area contributed by atoms with Gasteiger partial charge in [0.1, 0.15) is 0 Å². The summed E-state index contributed by atoms with van der Waals surface area (Å²) in [5, 5.41) is 7.90. The number of hydrazone groups is 1. The third-order valence-electron chi connectivity index (χ3n) is 3.00. The highest BCUT2D eigenvalue weighted by Crippen LogP contribution is 2.28. The van der Waals surface area contributed by atoms with E-state index in [1.54, 1.807) is 0 Å². The maximum atomic E-state index is 11.6. The molecule has 112 valence electrons. The minimum absolute atomic E-state index is 0.0443. The van der Waals surface area contributed by atoms with Crippen LogP contribution in [-0.4, -0.2) is 16.6 Å². The molecule has 1 amide bonds. The van der Waals surface area contributed by atoms with Crippen molar-refractivity contribution < 1.29 is 4.79 Å². The monoisotopic (exact) mass is 304 g/mol. The van der Waals surface area contributed by atoms with E-state index in [2.05, 4.69) is 27.8 Å². The van der Waals surface area contributed by atoms with Crippen molar-refractivity contribution in [2.24, 2.45) is 5.10 Å². The quantitative estimate of drug-likeness (QED) is 0.620. The zero-order chi connectivity index (χ0) is 15.2. The number of thiazole rings is 1. The Morgan fingerprint density at radius 1 is 1.38 bits per heavy atom. The lowest BCUT2D eigenvalue weighted by Crippen LogP contribution is -2.10. The third-order valence-corrected chi connectivity index (χ3v) is 3.93. The van der Waals surface area contributed by atoms with Gasteiger partial charge < -0.3 is 5.32 Å². The van der Waals surface area contributed by atoms with Gasteiger partial charge in [-0.15, -0.1) is 0 Å². The largest absolute Gasteiger partial charge is 0.326 e. The number of carbonyl (C=O) groups is 1. The predicted octanol–water partition coefficient (Wildman–Crippen LogP) is 4.23. The molecule has 0 saturated carbocycles. The summed E-state index contributed by atoms with van der Waals surface area (Å²) in [7, 11) is 0. The highest BCUT2D eigenvalue weighted by Gasteiger charge is 2.06. The van der Waals surface area contributed by atoms with E-state index in [1.165, 1.54) is 11.3 Å². The molecule has 0 aliphatic rings. The zero-order valence-electron chi connectivity index (χ0n) is 12.6. The van der Waals surface area contributed by atoms with Gasteiger partial charge in [-0.2, -0.15) is 5.10 Å². The summed E-state index contributed by atoms with van der Waals surface area (Å²) in [5.74, 6) is 0.0443. The molecule has 0 aliphatic heterocycles. The smallest absolute Gasteiger partial charge is 0.224 e. The van der Waals surface area contributed by atoms with Crippen LogP contribution in [0.5, 0.6) is 0 Å². The molecule has 2 rings (SSSR count). The molecular formula is C15H20N4OS. The lowest BCUT2D eigenvalue weighted by molar-refractivity contribution is -0.116. The van der Waals surface area contributed by atoms with Crippen molar-refractivity contribution in [3.63, 3.8) is 0 Å². The minimum Gasteiger partial charge on any atom is -0.326 e. The molecule has 0 aliphatic carbocycles. The Labute approximate surface area is 128 Å². The molecule has 1 aromatic carbocycles. The summed E-state index contributed by atoms with van der Waals surface area (Å²) < 4.78 is 1.02. The molecule has 0 fully saturated rings. The minimum atomic E-state index is 0.0443. The summed E-state index contributed by atoms with van der Waals surface area (Å²) in [4.78, 5) is 16.1. The summed E-state index contributed by atoms with van der Waals surface area (Å²) in [5.41, 5.74) is 5.72. The van der Waals surface area contributed by atoms with E-state index in [4.69, 9.17) is 0 Å². The average Bonchev–Trinajstić information content (AvgIpc) is 2.87. The van der Waals surface area contributed by atoms with Gasteiger partial charge in [0.15, 0.2) is 0 Å². The highest BCUT2D eigenvalue weighted by molar-refractivity contribution is 7.22. The molecule has 6 heteroatoms. The van der Waals surface area contributed by atoms with Gasteiger partial charge >= 0.3 is 0 Å². The SMILES string of the molecule is CCCC(=O)Nc1ccc2nc(N/N=C(/C)CC)sc2c1. The second kappa shape index (κ2) is 7.17. The number of anilines is 2. The van der Waals surface area contributed by atoms with Gasteiger partial charge in [-0.1, -0.05) is 25.2 Å². The van der Waals surface area contributed by atoms with Crippen molar-refractivity contribution in [1.82, 2.24) is 4.98 Å². The number of rotatable bonds is 6. The molecule has 2 aromatic rings. The van der Waals surface area contributed by atoms with Crippen molar-refractivity contribution in [2.75, 3.05) is 10.7 Å². The summed E-state index contributed by atoms with van der Waals surface area (Å²) in [6, 6.07) is 5.73. The Bertz CT molecular complexity index is 663. The first-order valence-corrected chi connectivity index (χ1v) is 7.93. The van der Waals surface area contributed by atoms with Gasteiger partial charge in [-0.25, -0.2) is 4.98 Å². The summed E-state index contributed by atoms with van der Waals surface area (Å²) in [6.07, 6.45) is 2.29. The number of nitrogens with zero attached hydrogens (tertiary/aromatic N) is 2. The number of benzene rings is 1. The van der Waals surface area contributed by atoms with Crippen LogP contribution in [0.3, 0.4) is 0 Å². The molecule has 5 nitrogen and oxygen atoms in total. The summed E-state index contributed by atoms with van der Waals surface area (Å²) >= 11 is 1.52. The van der Waals surface area contributed by atoms with Crippen molar-refractivity contribution in [2.45, 2.75) is 40.0 Å². The van der Waals surface area contributed by atoms with Gasteiger partial charge in [0, 0.05) is 17.8 Å². The van der Waals surface area contributed by atoms with E-state index in [0.717, 1.165) is 39.6 Å². The van der Waals surface area contributed by atoms with E-state index < -0.39 is 0 Å². The molecular weight excluding hydrogens is 284 g/mol. The third kappa shape index (κ3) is 4.26. The number of hydrogen-bond acceptors (Lipinski definition) is 5. The molecule has 0 saturated heterocycles. The molecule has 0 radical (unpaired) electrons. The maximum Gasteiger partial charge on any atom is 0.224 e. The van der Waals surface area contributed by atoms with Crippen LogP contribution in [0.15, 0.2) is 23.3 Å². The fourth-order valence-electron chi connectivity index (χ4n) is 1.72. The van der Waals surface area contributed by atoms with Crippen LogP contribution in [0.4, 0.5) is 10.8 Å². The van der Waals surface area contributed by atoms with Gasteiger partial charge in [-0.3, -0.25) is 10.2 Å². The molecule has 2 N–H and O–H groups in total. The first-order chi connectivity index (χ1) is 10.1. The molecule has 0 bridgehead atoms. The number of amides is 1. The fraction of sp³-hybridized carbons (Fsp3) is 0.400. The normalized spacial score (nSPS) is 11.7. The zero-order valence-corrected chi connectivity index (χ0v) is 13.4. The van der Waals surface area contributed by atoms with Crippen molar-refractivity contribution in [3.8, 4) is 0 Å². The van der Waals surface area contributed by atoms with Crippen LogP contribution >= 0.6 is 11.3 Å². The van der Waals surface area contributed by atoms with Gasteiger partial charge in [0.2, 0.25) is 11.0 Å². The van der Waals surface area contributed by atoms with E-state index in [-0.39, 0.29) is 5.91 Å². The first kappa shape index (κ1) is 15.4. The molecule has 1 aromatic heterocycles. The van der Waals surface area contributed by atoms with Crippen LogP contribution in [0.2, 0.25) is 0 Å². The Kier molecular flexibility index (Phi) is 5.27. The number of nitrogens with one attached hydrogen (secondary N) is 2. The molecule has 1 heterocycles. The fourth-order valence-corrected chi connectivity index (χ4v) is 2.57. The highest BCUT2D eigenvalue weighted by atomic mass is 32.1. The molecule has 0 unspecified atom stereocenters.